The van der Waals surface area contributed by atoms with Crippen LogP contribution < -0.4 is 5.32 Å². The average Bonchev–Trinajstić information content (AvgIpc) is 3.05. The fraction of sp³-hybridized carbons (Fsp3) is 0.643. The Bertz CT molecular complexity index is 502. The third-order valence-corrected chi connectivity index (χ3v) is 3.81. The molecule has 0 saturated heterocycles. The second-order valence-corrected chi connectivity index (χ2v) is 5.99. The highest BCUT2D eigenvalue weighted by molar-refractivity contribution is 5.92. The van der Waals surface area contributed by atoms with E-state index in [1.807, 2.05) is 10.9 Å². The third-order valence-electron chi connectivity index (χ3n) is 3.81. The molecule has 0 atom stereocenters. The van der Waals surface area contributed by atoms with E-state index in [-0.39, 0.29) is 12.5 Å². The van der Waals surface area contributed by atoms with Gasteiger partial charge in [-0.3, -0.25) is 14.3 Å². The fourth-order valence-electron chi connectivity index (χ4n) is 2.30. The molecule has 1 fully saturated rings. The summed E-state index contributed by atoms with van der Waals surface area (Å²) in [6, 6.07) is 2.08. The van der Waals surface area contributed by atoms with Crippen molar-refractivity contribution in [2.75, 3.05) is 6.54 Å². The van der Waals surface area contributed by atoms with Crippen molar-refractivity contribution < 1.29 is 14.7 Å². The van der Waals surface area contributed by atoms with E-state index < -0.39 is 11.4 Å². The van der Waals surface area contributed by atoms with Crippen LogP contribution in [-0.2, 0) is 4.79 Å². The minimum absolute atomic E-state index is 0.0808. The molecule has 6 heteroatoms. The van der Waals surface area contributed by atoms with E-state index in [0.29, 0.717) is 11.7 Å². The molecule has 1 aliphatic rings. The highest BCUT2D eigenvalue weighted by atomic mass is 16.4. The van der Waals surface area contributed by atoms with Gasteiger partial charge in [-0.1, -0.05) is 12.8 Å². The lowest BCUT2D eigenvalue weighted by Crippen LogP contribution is -2.39. The highest BCUT2D eigenvalue weighted by Crippen LogP contribution is 2.28. The van der Waals surface area contributed by atoms with Crippen LogP contribution >= 0.6 is 0 Å². The van der Waals surface area contributed by atoms with Crippen LogP contribution in [0, 0.1) is 5.41 Å². The maximum absolute atomic E-state index is 12.0. The van der Waals surface area contributed by atoms with Crippen molar-refractivity contribution >= 4 is 11.9 Å². The standard InChI is InChI=1S/C14H21N3O3/c1-14(2,13(19)20)9-15-12(18)11-7-8-17(16-11)10-5-3-4-6-10/h7-8,10H,3-6,9H2,1-2H3,(H,15,18)(H,19,20). The van der Waals surface area contributed by atoms with Gasteiger partial charge in [-0.2, -0.15) is 5.10 Å². The second-order valence-electron chi connectivity index (χ2n) is 5.99. The first kappa shape index (κ1) is 14.6. The molecule has 0 radical (unpaired) electrons. The number of carboxylic acid groups (broad SMARTS) is 1. The van der Waals surface area contributed by atoms with E-state index in [1.165, 1.54) is 12.8 Å². The minimum atomic E-state index is -0.982. The number of aliphatic carboxylic acids is 1. The molecule has 2 rings (SSSR count). The summed E-state index contributed by atoms with van der Waals surface area (Å²) >= 11 is 0. The maximum atomic E-state index is 12.0. The van der Waals surface area contributed by atoms with Crippen LogP contribution in [0.2, 0.25) is 0 Å². The second kappa shape index (κ2) is 5.64. The number of hydrogen-bond donors (Lipinski definition) is 2. The van der Waals surface area contributed by atoms with Gasteiger partial charge >= 0.3 is 5.97 Å². The molecular formula is C14H21N3O3. The van der Waals surface area contributed by atoms with Crippen LogP contribution in [0.3, 0.4) is 0 Å². The number of rotatable bonds is 5. The van der Waals surface area contributed by atoms with E-state index >= 15 is 0 Å². The molecule has 6 nitrogen and oxygen atoms in total. The summed E-state index contributed by atoms with van der Waals surface area (Å²) in [6.07, 6.45) is 6.45. The number of nitrogens with one attached hydrogen (secondary N) is 1. The Hall–Kier alpha value is -1.85. The number of nitrogens with zero attached hydrogens (tertiary/aromatic N) is 2. The molecule has 0 spiro atoms. The first-order chi connectivity index (χ1) is 9.40. The van der Waals surface area contributed by atoms with Crippen molar-refractivity contribution in [2.45, 2.75) is 45.6 Å². The summed E-state index contributed by atoms with van der Waals surface area (Å²) in [5, 5.41) is 15.9. The predicted octanol–water partition coefficient (Wildman–Crippen LogP) is 1.84. The number of carboxylic acids is 1. The van der Waals surface area contributed by atoms with Crippen LogP contribution in [0.15, 0.2) is 12.3 Å². The van der Waals surface area contributed by atoms with Gasteiger partial charge in [-0.15, -0.1) is 0 Å². The first-order valence-electron chi connectivity index (χ1n) is 6.97. The van der Waals surface area contributed by atoms with Crippen molar-refractivity contribution in [1.82, 2.24) is 15.1 Å². The van der Waals surface area contributed by atoms with Gasteiger partial charge in [-0.25, -0.2) is 0 Å². The smallest absolute Gasteiger partial charge is 0.310 e. The lowest BCUT2D eigenvalue weighted by atomic mass is 9.94. The molecule has 1 saturated carbocycles. The van der Waals surface area contributed by atoms with Crippen molar-refractivity contribution in [3.63, 3.8) is 0 Å². The van der Waals surface area contributed by atoms with Gasteiger partial charge in [0.2, 0.25) is 0 Å². The summed E-state index contributed by atoms with van der Waals surface area (Å²) in [5.41, 5.74) is -0.637. The number of carbonyl (C=O) groups excluding carboxylic acids is 1. The number of carbonyl (C=O) groups is 2. The summed E-state index contributed by atoms with van der Waals surface area (Å²) in [6.45, 7) is 3.23. The molecule has 0 unspecified atom stereocenters. The summed E-state index contributed by atoms with van der Waals surface area (Å²) in [5.74, 6) is -1.26. The van der Waals surface area contributed by atoms with Crippen LogP contribution in [0.5, 0.6) is 0 Å². The SMILES string of the molecule is CC(C)(CNC(=O)c1ccn(C2CCCC2)n1)C(=O)O. The third kappa shape index (κ3) is 3.18. The van der Waals surface area contributed by atoms with Gasteiger partial charge in [0.1, 0.15) is 5.69 Å². The van der Waals surface area contributed by atoms with E-state index in [2.05, 4.69) is 10.4 Å². The average molecular weight is 279 g/mol. The summed E-state index contributed by atoms with van der Waals surface area (Å²) < 4.78 is 1.85. The van der Waals surface area contributed by atoms with E-state index in [9.17, 15) is 9.59 Å². The molecule has 1 aliphatic carbocycles. The number of aromatic nitrogens is 2. The normalized spacial score (nSPS) is 16.3. The van der Waals surface area contributed by atoms with Crippen LogP contribution in [0.1, 0.15) is 56.1 Å². The largest absolute Gasteiger partial charge is 0.481 e. The number of hydrogen-bond acceptors (Lipinski definition) is 3. The van der Waals surface area contributed by atoms with Gasteiger partial charge in [0.05, 0.1) is 11.5 Å². The monoisotopic (exact) mass is 279 g/mol. The van der Waals surface area contributed by atoms with Crippen LogP contribution in [-0.4, -0.2) is 33.3 Å². The van der Waals surface area contributed by atoms with Crippen molar-refractivity contribution in [2.24, 2.45) is 5.41 Å². The lowest BCUT2D eigenvalue weighted by molar-refractivity contribution is -0.146. The maximum Gasteiger partial charge on any atom is 0.310 e. The molecule has 20 heavy (non-hydrogen) atoms. The number of amides is 1. The molecule has 0 bridgehead atoms. The highest BCUT2D eigenvalue weighted by Gasteiger charge is 2.28. The topological polar surface area (TPSA) is 84.2 Å². The quantitative estimate of drug-likeness (QED) is 0.861. The zero-order valence-electron chi connectivity index (χ0n) is 11.9. The van der Waals surface area contributed by atoms with Crippen molar-refractivity contribution in [3.8, 4) is 0 Å². The summed E-state index contributed by atoms with van der Waals surface area (Å²) in [7, 11) is 0. The lowest BCUT2D eigenvalue weighted by Gasteiger charge is -2.18. The van der Waals surface area contributed by atoms with Gasteiger partial charge in [0, 0.05) is 12.7 Å². The van der Waals surface area contributed by atoms with Gasteiger partial charge in [0.15, 0.2) is 0 Å². The Morgan fingerprint density at radius 2 is 2.10 bits per heavy atom. The van der Waals surface area contributed by atoms with Crippen molar-refractivity contribution in [1.29, 1.82) is 0 Å². The Kier molecular flexibility index (Phi) is 4.11. The van der Waals surface area contributed by atoms with Crippen molar-refractivity contribution in [3.05, 3.63) is 18.0 Å². The van der Waals surface area contributed by atoms with E-state index in [4.69, 9.17) is 5.11 Å². The molecule has 1 heterocycles. The molecule has 1 amide bonds. The van der Waals surface area contributed by atoms with Crippen LogP contribution in [0.4, 0.5) is 0 Å². The minimum Gasteiger partial charge on any atom is -0.481 e. The fourth-order valence-corrected chi connectivity index (χ4v) is 2.30. The molecule has 110 valence electrons. The Morgan fingerprint density at radius 1 is 1.45 bits per heavy atom. The zero-order valence-corrected chi connectivity index (χ0v) is 11.9. The summed E-state index contributed by atoms with van der Waals surface area (Å²) in [4.78, 5) is 22.9. The van der Waals surface area contributed by atoms with Crippen LogP contribution in [0.25, 0.3) is 0 Å². The van der Waals surface area contributed by atoms with E-state index in [0.717, 1.165) is 12.8 Å². The predicted molar refractivity (Wildman–Crippen MR) is 73.5 cm³/mol. The molecule has 0 aromatic carbocycles. The molecule has 1 aromatic heterocycles. The van der Waals surface area contributed by atoms with Gasteiger partial charge in [0.25, 0.3) is 5.91 Å². The molecule has 1 aromatic rings. The Morgan fingerprint density at radius 3 is 2.70 bits per heavy atom. The molecule has 2 N–H and O–H groups in total. The zero-order chi connectivity index (χ0) is 14.8. The van der Waals surface area contributed by atoms with Gasteiger partial charge < -0.3 is 10.4 Å². The Labute approximate surface area is 118 Å². The first-order valence-corrected chi connectivity index (χ1v) is 6.97. The molecular weight excluding hydrogens is 258 g/mol. The molecule has 0 aliphatic heterocycles. The Balaban J connectivity index is 1.94. The van der Waals surface area contributed by atoms with Gasteiger partial charge in [-0.05, 0) is 32.8 Å². The van der Waals surface area contributed by atoms with E-state index in [1.54, 1.807) is 19.9 Å².